The van der Waals surface area contributed by atoms with E-state index in [-0.39, 0.29) is 37.2 Å². The number of aromatic nitrogens is 2. The van der Waals surface area contributed by atoms with Gasteiger partial charge in [-0.25, -0.2) is 4.98 Å². The zero-order valence-electron chi connectivity index (χ0n) is 34.4. The fraction of sp³-hybridized carbons (Fsp3) is 0.395. The summed E-state index contributed by atoms with van der Waals surface area (Å²) in [5.74, 6) is 0.332. The number of hydrogen-bond donors (Lipinski definition) is 4. The van der Waals surface area contributed by atoms with Crippen molar-refractivity contribution in [2.75, 3.05) is 87.1 Å². The molecule has 4 N–H and O–H groups in total. The van der Waals surface area contributed by atoms with Gasteiger partial charge in [-0.1, -0.05) is 29.8 Å². The van der Waals surface area contributed by atoms with Gasteiger partial charge in [0.1, 0.15) is 24.0 Å². The third-order valence-corrected chi connectivity index (χ3v) is 13.8. The maximum Gasteiger partial charge on any atom is 0.255 e. The smallest absolute Gasteiger partial charge is 0.255 e. The molecule has 320 valence electrons. The second kappa shape index (κ2) is 17.7. The summed E-state index contributed by atoms with van der Waals surface area (Å²) in [4.78, 5) is 68.0. The zero-order chi connectivity index (χ0) is 42.8. The van der Waals surface area contributed by atoms with Gasteiger partial charge in [0.25, 0.3) is 5.91 Å². The van der Waals surface area contributed by atoms with Crippen LogP contribution in [-0.4, -0.2) is 127 Å². The molecule has 61 heavy (non-hydrogen) atoms. The first kappa shape index (κ1) is 42.0. The number of nitrogens with zero attached hydrogens (tertiary/aromatic N) is 6. The summed E-state index contributed by atoms with van der Waals surface area (Å²) >= 11 is 6.48. The number of methoxy groups -OCH3 is 1. The number of fused-ring (bicyclic) bond motifs is 1. The molecule has 1 unspecified atom stereocenters. The van der Waals surface area contributed by atoms with Crippen LogP contribution in [0.5, 0.6) is 5.75 Å². The molecule has 3 aromatic carbocycles. The third kappa shape index (κ3) is 9.17. The van der Waals surface area contributed by atoms with Crippen LogP contribution in [0.25, 0.3) is 0 Å². The Bertz CT molecular complexity index is 2400. The highest BCUT2D eigenvalue weighted by Crippen LogP contribution is 2.39. The molecule has 4 aromatic rings. The van der Waals surface area contributed by atoms with Crippen LogP contribution in [0.4, 0.5) is 34.5 Å². The van der Waals surface area contributed by atoms with Crippen LogP contribution in [0.2, 0.25) is 5.02 Å². The molecule has 0 aliphatic carbocycles. The van der Waals surface area contributed by atoms with Gasteiger partial charge in [-0.2, -0.15) is 4.98 Å². The first-order chi connectivity index (χ1) is 29.4. The number of piperidine rings is 2. The lowest BCUT2D eigenvalue weighted by molar-refractivity contribution is -0.137. The maximum absolute atomic E-state index is 13.4. The number of amides is 4. The number of piperazine rings is 1. The van der Waals surface area contributed by atoms with E-state index in [9.17, 15) is 23.7 Å². The monoisotopic (exact) mass is 868 g/mol. The fourth-order valence-electron chi connectivity index (χ4n) is 8.65. The molecule has 3 saturated heterocycles. The summed E-state index contributed by atoms with van der Waals surface area (Å²) in [5, 5.41) is 13.1. The van der Waals surface area contributed by atoms with Crippen molar-refractivity contribution in [3.63, 3.8) is 0 Å². The summed E-state index contributed by atoms with van der Waals surface area (Å²) in [7, 11) is -0.930. The Morgan fingerprint density at radius 1 is 0.918 bits per heavy atom. The van der Waals surface area contributed by atoms with E-state index in [1.807, 2.05) is 47.4 Å². The SMILES string of the molecule is COc1cc(N2CCC(N3CCN(C(=O)CNc4cccc5c4CN(C4CCC(=O)NC4=O)C5=O)CC3)CC2)ccc1Nc1ncc(Cl)c(Nc2ccccc2P(C)(C)=O)n1. The van der Waals surface area contributed by atoms with Crippen LogP contribution in [-0.2, 0) is 25.5 Å². The van der Waals surface area contributed by atoms with Gasteiger partial charge in [0.2, 0.25) is 23.7 Å². The van der Waals surface area contributed by atoms with Crippen molar-refractivity contribution in [3.05, 3.63) is 83.0 Å². The number of benzene rings is 3. The van der Waals surface area contributed by atoms with Crippen molar-refractivity contribution >= 4 is 82.2 Å². The van der Waals surface area contributed by atoms with Crippen molar-refractivity contribution in [1.82, 2.24) is 30.0 Å². The molecule has 16 nitrogen and oxygen atoms in total. The van der Waals surface area contributed by atoms with E-state index in [1.165, 1.54) is 11.1 Å². The van der Waals surface area contributed by atoms with Crippen molar-refractivity contribution in [1.29, 1.82) is 0 Å². The van der Waals surface area contributed by atoms with E-state index in [2.05, 4.69) is 47.1 Å². The number of carbonyl (C=O) groups excluding carboxylic acids is 4. The number of halogens is 1. The Kier molecular flexibility index (Phi) is 12.2. The lowest BCUT2D eigenvalue weighted by atomic mass is 10.0. The molecule has 18 heteroatoms. The number of carbonyl (C=O) groups is 4. The molecule has 5 heterocycles. The summed E-state index contributed by atoms with van der Waals surface area (Å²) in [5.41, 5.74) is 4.39. The van der Waals surface area contributed by atoms with Gasteiger partial charge in [0.05, 0.1) is 31.2 Å². The first-order valence-electron chi connectivity index (χ1n) is 20.5. The van der Waals surface area contributed by atoms with Crippen molar-refractivity contribution < 1.29 is 28.5 Å². The number of nitrogens with one attached hydrogen (secondary N) is 4. The molecule has 0 saturated carbocycles. The quantitative estimate of drug-likeness (QED) is 0.112. The number of imide groups is 1. The minimum absolute atomic E-state index is 0.00292. The number of hydrogen-bond acceptors (Lipinski definition) is 13. The van der Waals surface area contributed by atoms with Gasteiger partial charge >= 0.3 is 0 Å². The molecule has 0 spiro atoms. The number of para-hydroxylation sites is 1. The molecule has 4 amide bonds. The second-order valence-corrected chi connectivity index (χ2v) is 19.7. The lowest BCUT2D eigenvalue weighted by Gasteiger charge is -2.43. The molecular formula is C43H50ClN10O6P. The molecule has 0 bridgehead atoms. The highest BCUT2D eigenvalue weighted by Gasteiger charge is 2.40. The summed E-state index contributed by atoms with van der Waals surface area (Å²) in [6.45, 7) is 8.44. The van der Waals surface area contributed by atoms with Crippen molar-refractivity contribution in [3.8, 4) is 5.75 Å². The normalized spacial score (nSPS) is 18.8. The van der Waals surface area contributed by atoms with Crippen LogP contribution >= 0.6 is 18.7 Å². The van der Waals surface area contributed by atoms with E-state index in [0.29, 0.717) is 76.0 Å². The molecule has 1 aromatic heterocycles. The van der Waals surface area contributed by atoms with E-state index < -0.39 is 19.1 Å². The summed E-state index contributed by atoms with van der Waals surface area (Å²) in [6, 6.07) is 18.5. The predicted octanol–water partition coefficient (Wildman–Crippen LogP) is 4.86. The highest BCUT2D eigenvalue weighted by atomic mass is 35.5. The number of ether oxygens (including phenoxy) is 1. The fourth-order valence-corrected chi connectivity index (χ4v) is 9.95. The van der Waals surface area contributed by atoms with E-state index in [1.54, 1.807) is 32.6 Å². The molecule has 4 aliphatic rings. The highest BCUT2D eigenvalue weighted by molar-refractivity contribution is 7.70. The lowest BCUT2D eigenvalue weighted by Crippen LogP contribution is -2.55. The van der Waals surface area contributed by atoms with Crippen molar-refractivity contribution in [2.45, 2.75) is 44.3 Å². The number of anilines is 6. The summed E-state index contributed by atoms with van der Waals surface area (Å²) < 4.78 is 18.7. The average Bonchev–Trinajstić information content (AvgIpc) is 3.60. The Labute approximate surface area is 359 Å². The molecule has 1 atom stereocenters. The standard InChI is InChI=1S/C43H50ClN10O6P/c1-60-36-23-28(11-12-33(36)48-43-46-24-31(44)40(50-43)47-34-8-4-5-10-37(34)61(2,3)59)51-17-15-27(16-18-51)52-19-21-53(22-20-52)39(56)25-45-32-9-6-7-29-30(32)26-54(42(29)58)35-13-14-38(55)49-41(35)57/h4-12,23-24,27,35,45H,13-22,25-26H2,1-3H3,(H,49,55,57)(H2,46,47,48,50). The van der Waals surface area contributed by atoms with E-state index in [4.69, 9.17) is 16.3 Å². The van der Waals surface area contributed by atoms with Crippen LogP contribution < -0.4 is 36.2 Å². The number of rotatable bonds is 12. The van der Waals surface area contributed by atoms with E-state index in [0.717, 1.165) is 50.3 Å². The van der Waals surface area contributed by atoms with Crippen LogP contribution in [0.15, 0.2) is 66.9 Å². The Balaban J connectivity index is 0.813. The largest absolute Gasteiger partial charge is 0.494 e. The zero-order valence-corrected chi connectivity index (χ0v) is 36.1. The molecule has 3 fully saturated rings. The van der Waals surface area contributed by atoms with Gasteiger partial charge in [-0.15, -0.1) is 0 Å². The van der Waals surface area contributed by atoms with Gasteiger partial charge in [-0.3, -0.25) is 29.4 Å². The second-order valence-electron chi connectivity index (χ2n) is 16.1. The van der Waals surface area contributed by atoms with Gasteiger partial charge in [0, 0.05) is 92.1 Å². The minimum atomic E-state index is -2.56. The third-order valence-electron chi connectivity index (χ3n) is 11.9. The van der Waals surface area contributed by atoms with Crippen LogP contribution in [0, 0.1) is 0 Å². The van der Waals surface area contributed by atoms with Gasteiger partial charge in [0.15, 0.2) is 5.82 Å². The molecule has 8 rings (SSSR count). The molecular weight excluding hydrogens is 819 g/mol. The molecule has 0 radical (unpaired) electrons. The van der Waals surface area contributed by atoms with E-state index >= 15 is 0 Å². The Hall–Kier alpha value is -5.70. The van der Waals surface area contributed by atoms with Crippen LogP contribution in [0.1, 0.15) is 41.6 Å². The molecule has 4 aliphatic heterocycles. The predicted molar refractivity (Wildman–Crippen MR) is 236 cm³/mol. The Morgan fingerprint density at radius 3 is 2.41 bits per heavy atom. The van der Waals surface area contributed by atoms with Crippen molar-refractivity contribution in [2.24, 2.45) is 0 Å². The van der Waals surface area contributed by atoms with Crippen LogP contribution in [0.3, 0.4) is 0 Å². The topological polar surface area (TPSA) is 181 Å². The van der Waals surface area contributed by atoms with Gasteiger partial charge in [-0.05, 0) is 69.0 Å². The summed E-state index contributed by atoms with van der Waals surface area (Å²) in [6.07, 6.45) is 4.00. The average molecular weight is 869 g/mol. The maximum atomic E-state index is 13.4. The Morgan fingerprint density at radius 2 is 1.67 bits per heavy atom. The first-order valence-corrected chi connectivity index (χ1v) is 23.5. The van der Waals surface area contributed by atoms with Gasteiger partial charge < -0.3 is 40.0 Å². The minimum Gasteiger partial charge on any atom is -0.494 e.